The number of nitrogens with one attached hydrogen (secondary N) is 1. The van der Waals surface area contributed by atoms with Crippen LogP contribution in [0.25, 0.3) is 0 Å². The van der Waals surface area contributed by atoms with Gasteiger partial charge in [-0.25, -0.2) is 0 Å². The lowest BCUT2D eigenvalue weighted by Crippen LogP contribution is -2.20. The van der Waals surface area contributed by atoms with Crippen molar-refractivity contribution in [2.24, 2.45) is 0 Å². The molecule has 0 aromatic carbocycles. The summed E-state index contributed by atoms with van der Waals surface area (Å²) in [7, 11) is 0. The van der Waals surface area contributed by atoms with Crippen molar-refractivity contribution in [3.8, 4) is 11.8 Å². The highest BCUT2D eigenvalue weighted by Crippen LogP contribution is 2.22. The summed E-state index contributed by atoms with van der Waals surface area (Å²) >= 11 is 1.48. The van der Waals surface area contributed by atoms with Gasteiger partial charge in [-0.15, -0.1) is 0 Å². The molecule has 0 unspecified atom stereocenters. The number of ether oxygens (including phenoxy) is 2. The molecule has 0 aliphatic carbocycles. The maximum Gasteiger partial charge on any atom is 0.221 e. The monoisotopic (exact) mass is 255 g/mol. The maximum atomic E-state index is 5.80. The summed E-state index contributed by atoms with van der Waals surface area (Å²) in [6.07, 6.45) is 3.16. The van der Waals surface area contributed by atoms with Crippen molar-refractivity contribution >= 4 is 11.8 Å². The van der Waals surface area contributed by atoms with E-state index >= 15 is 0 Å². The van der Waals surface area contributed by atoms with E-state index in [2.05, 4.69) is 15.3 Å². The first-order valence-corrected chi connectivity index (χ1v) is 6.97. The lowest BCUT2D eigenvalue weighted by atomic mass is 10.3. The zero-order valence-electron chi connectivity index (χ0n) is 10.1. The third kappa shape index (κ3) is 3.47. The van der Waals surface area contributed by atoms with Crippen LogP contribution in [0.4, 0.5) is 0 Å². The summed E-state index contributed by atoms with van der Waals surface area (Å²) in [6, 6.07) is 1.75. The topological polar surface area (TPSA) is 56.3 Å². The van der Waals surface area contributed by atoms with E-state index < -0.39 is 0 Å². The van der Waals surface area contributed by atoms with Gasteiger partial charge in [-0.05, 0) is 26.1 Å². The van der Waals surface area contributed by atoms with Crippen LogP contribution in [0.3, 0.4) is 0 Å². The first-order valence-electron chi connectivity index (χ1n) is 5.75. The quantitative estimate of drug-likeness (QED) is 0.633. The predicted molar refractivity (Wildman–Crippen MR) is 66.9 cm³/mol. The molecule has 5 nitrogen and oxygen atoms in total. The van der Waals surface area contributed by atoms with Crippen LogP contribution in [0.2, 0.25) is 0 Å². The Bertz CT molecular complexity index is 370. The van der Waals surface area contributed by atoms with E-state index in [9.17, 15) is 0 Å². The van der Waals surface area contributed by atoms with Crippen LogP contribution in [0.1, 0.15) is 13.3 Å². The summed E-state index contributed by atoms with van der Waals surface area (Å²) < 4.78 is 11.2. The molecule has 2 rings (SSSR count). The molecule has 94 valence electrons. The second-order valence-corrected chi connectivity index (χ2v) is 4.47. The van der Waals surface area contributed by atoms with Crippen LogP contribution in [0, 0.1) is 0 Å². The van der Waals surface area contributed by atoms with Gasteiger partial charge < -0.3 is 14.8 Å². The Morgan fingerprint density at radius 3 is 2.94 bits per heavy atom. The minimum atomic E-state index is 0.203. The number of hydrogen-bond donors (Lipinski definition) is 1. The van der Waals surface area contributed by atoms with Gasteiger partial charge in [0.15, 0.2) is 5.16 Å². The van der Waals surface area contributed by atoms with Crippen LogP contribution < -0.4 is 14.8 Å². The van der Waals surface area contributed by atoms with Gasteiger partial charge in [0, 0.05) is 6.54 Å². The molecule has 1 aliphatic heterocycles. The van der Waals surface area contributed by atoms with E-state index in [0.717, 1.165) is 19.5 Å². The molecule has 1 aromatic heterocycles. The Morgan fingerprint density at radius 1 is 1.47 bits per heavy atom. The highest BCUT2D eigenvalue weighted by Gasteiger charge is 2.17. The van der Waals surface area contributed by atoms with Gasteiger partial charge in [-0.2, -0.15) is 9.97 Å². The Hall–Kier alpha value is -1.01. The molecule has 1 saturated heterocycles. The van der Waals surface area contributed by atoms with Crippen molar-refractivity contribution in [2.45, 2.75) is 24.6 Å². The number of thioether (sulfide) groups is 1. The van der Waals surface area contributed by atoms with Crippen LogP contribution in [-0.2, 0) is 0 Å². The number of hydrogen-bond acceptors (Lipinski definition) is 6. The molecule has 0 amide bonds. The fourth-order valence-corrected chi connectivity index (χ4v) is 2.02. The van der Waals surface area contributed by atoms with Gasteiger partial charge in [-0.3, -0.25) is 0 Å². The summed E-state index contributed by atoms with van der Waals surface area (Å²) in [5.74, 6) is 1.18. The molecule has 0 spiro atoms. The third-order valence-corrected chi connectivity index (χ3v) is 2.98. The van der Waals surface area contributed by atoms with Crippen molar-refractivity contribution < 1.29 is 9.47 Å². The smallest absolute Gasteiger partial charge is 0.221 e. The molecule has 1 aliphatic rings. The lowest BCUT2D eigenvalue weighted by Gasteiger charge is -2.12. The van der Waals surface area contributed by atoms with E-state index in [1.807, 2.05) is 13.2 Å². The van der Waals surface area contributed by atoms with Gasteiger partial charge in [0.2, 0.25) is 11.8 Å². The third-order valence-electron chi connectivity index (χ3n) is 2.44. The number of nitrogens with zero attached hydrogens (tertiary/aromatic N) is 2. The fraction of sp³-hybridized carbons (Fsp3) is 0.636. The van der Waals surface area contributed by atoms with Crippen molar-refractivity contribution in [3.63, 3.8) is 0 Å². The first kappa shape index (κ1) is 12.4. The highest BCUT2D eigenvalue weighted by atomic mass is 32.2. The number of rotatable bonds is 5. The Balaban J connectivity index is 2.10. The minimum absolute atomic E-state index is 0.203. The van der Waals surface area contributed by atoms with Gasteiger partial charge in [0.05, 0.1) is 12.7 Å². The van der Waals surface area contributed by atoms with Gasteiger partial charge in [-0.1, -0.05) is 11.8 Å². The molecule has 0 radical (unpaired) electrons. The molecule has 1 aromatic rings. The van der Waals surface area contributed by atoms with E-state index in [4.69, 9.17) is 9.47 Å². The van der Waals surface area contributed by atoms with Crippen LogP contribution in [0.5, 0.6) is 11.8 Å². The Morgan fingerprint density at radius 2 is 2.29 bits per heavy atom. The molecule has 1 atom stereocenters. The average molecular weight is 255 g/mol. The summed E-state index contributed by atoms with van der Waals surface area (Å²) in [5, 5.41) is 3.93. The molecular weight excluding hydrogens is 238 g/mol. The number of aromatic nitrogens is 2. The largest absolute Gasteiger partial charge is 0.478 e. The molecular formula is C11H17N3O2S. The van der Waals surface area contributed by atoms with Crippen molar-refractivity contribution in [3.05, 3.63) is 6.07 Å². The SMILES string of the molecule is CCOc1cc(O[C@@H]2CCNC2)nc(SC)n1. The van der Waals surface area contributed by atoms with Crippen molar-refractivity contribution in [1.29, 1.82) is 0 Å². The molecule has 2 heterocycles. The molecule has 1 fully saturated rings. The Labute approximate surface area is 105 Å². The average Bonchev–Trinajstić information content (AvgIpc) is 2.82. The summed E-state index contributed by atoms with van der Waals surface area (Å²) in [6.45, 7) is 4.41. The molecule has 17 heavy (non-hydrogen) atoms. The predicted octanol–water partition coefficient (Wildman–Crippen LogP) is 1.34. The van der Waals surface area contributed by atoms with Crippen molar-refractivity contribution in [1.82, 2.24) is 15.3 Å². The van der Waals surface area contributed by atoms with E-state index in [0.29, 0.717) is 23.5 Å². The zero-order chi connectivity index (χ0) is 12.1. The Kier molecular flexibility index (Phi) is 4.44. The van der Waals surface area contributed by atoms with Crippen molar-refractivity contribution in [2.75, 3.05) is 26.0 Å². The minimum Gasteiger partial charge on any atom is -0.478 e. The van der Waals surface area contributed by atoms with Gasteiger partial charge >= 0.3 is 0 Å². The summed E-state index contributed by atoms with van der Waals surface area (Å²) in [5.41, 5.74) is 0. The highest BCUT2D eigenvalue weighted by molar-refractivity contribution is 7.98. The van der Waals surface area contributed by atoms with E-state index in [1.165, 1.54) is 11.8 Å². The zero-order valence-corrected chi connectivity index (χ0v) is 10.9. The van der Waals surface area contributed by atoms with E-state index in [1.54, 1.807) is 6.07 Å². The lowest BCUT2D eigenvalue weighted by molar-refractivity contribution is 0.209. The van der Waals surface area contributed by atoms with Gasteiger partial charge in [0.25, 0.3) is 0 Å². The summed E-state index contributed by atoms with van der Waals surface area (Å²) in [4.78, 5) is 8.57. The van der Waals surface area contributed by atoms with Gasteiger partial charge in [0.1, 0.15) is 6.10 Å². The van der Waals surface area contributed by atoms with Crippen LogP contribution in [0.15, 0.2) is 11.2 Å². The normalized spacial score (nSPS) is 19.3. The molecule has 1 N–H and O–H groups in total. The maximum absolute atomic E-state index is 5.80. The second-order valence-electron chi connectivity index (χ2n) is 3.70. The van der Waals surface area contributed by atoms with E-state index in [-0.39, 0.29) is 6.10 Å². The van der Waals surface area contributed by atoms with Crippen LogP contribution in [-0.4, -0.2) is 42.0 Å². The molecule has 6 heteroatoms. The first-order chi connectivity index (χ1) is 8.31. The molecule has 0 bridgehead atoms. The second kappa shape index (κ2) is 6.07. The standard InChI is InChI=1S/C11H17N3O2S/c1-3-15-9-6-10(14-11(13-9)17-2)16-8-4-5-12-7-8/h6,8,12H,3-5,7H2,1-2H3/t8-/m1/s1. The fourth-order valence-electron chi connectivity index (χ4n) is 1.66. The molecule has 0 saturated carbocycles. The van der Waals surface area contributed by atoms with Crippen LogP contribution >= 0.6 is 11.8 Å².